The monoisotopic (exact) mass is 470 g/mol. The summed E-state index contributed by atoms with van der Waals surface area (Å²) in [5.74, 6) is -0.418. The summed E-state index contributed by atoms with van der Waals surface area (Å²) in [5, 5.41) is 7.66. The predicted octanol–water partition coefficient (Wildman–Crippen LogP) is 4.75. The zero-order valence-electron chi connectivity index (χ0n) is 17.1. The molecule has 0 radical (unpaired) electrons. The van der Waals surface area contributed by atoms with Gasteiger partial charge in [0.25, 0.3) is 11.8 Å². The second-order valence-electron chi connectivity index (χ2n) is 6.72. The topological polar surface area (TPSA) is 106 Å². The molecule has 0 unspecified atom stereocenters. The van der Waals surface area contributed by atoms with Gasteiger partial charge in [-0.3, -0.25) is 9.59 Å². The molecule has 164 valence electrons. The van der Waals surface area contributed by atoms with Crippen molar-refractivity contribution in [3.05, 3.63) is 87.9 Å². The molecule has 3 aromatic carbocycles. The number of nitrogens with two attached hydrogens (primary N) is 1. The summed E-state index contributed by atoms with van der Waals surface area (Å²) < 4.78 is 5.44. The minimum Gasteiger partial charge on any atom is -0.482 e. The van der Waals surface area contributed by atoms with Gasteiger partial charge in [-0.05, 0) is 55.0 Å². The molecule has 0 fully saturated rings. The number of para-hydroxylation sites is 1. The Hall–Kier alpha value is -3.55. The summed E-state index contributed by atoms with van der Waals surface area (Å²) in [4.78, 5) is 24.5. The Bertz CT molecular complexity index is 1180. The number of amides is 2. The zero-order valence-corrected chi connectivity index (χ0v) is 18.6. The van der Waals surface area contributed by atoms with Gasteiger partial charge in [0.2, 0.25) is 0 Å². The van der Waals surface area contributed by atoms with E-state index in [2.05, 4.69) is 15.8 Å². The number of carbonyl (C=O) groups is 2. The number of anilines is 2. The Balaban J connectivity index is 1.60. The number of carbonyl (C=O) groups excluding carboxylic acids is 2. The van der Waals surface area contributed by atoms with Gasteiger partial charge in [-0.2, -0.15) is 5.10 Å². The molecule has 0 aromatic heterocycles. The highest BCUT2D eigenvalue weighted by molar-refractivity contribution is 6.35. The van der Waals surface area contributed by atoms with E-state index >= 15 is 0 Å². The van der Waals surface area contributed by atoms with E-state index in [4.69, 9.17) is 33.7 Å². The average Bonchev–Trinajstić information content (AvgIpc) is 2.77. The van der Waals surface area contributed by atoms with E-state index in [0.717, 1.165) is 0 Å². The van der Waals surface area contributed by atoms with Crippen LogP contribution in [0.4, 0.5) is 11.4 Å². The second-order valence-corrected chi connectivity index (χ2v) is 7.56. The van der Waals surface area contributed by atoms with Gasteiger partial charge < -0.3 is 15.8 Å². The second kappa shape index (κ2) is 10.7. The maximum absolute atomic E-state index is 12.3. The Labute approximate surface area is 195 Å². The van der Waals surface area contributed by atoms with Gasteiger partial charge in [0.05, 0.1) is 16.3 Å². The number of halogens is 2. The highest BCUT2D eigenvalue weighted by Gasteiger charge is 2.10. The molecule has 0 aliphatic heterocycles. The van der Waals surface area contributed by atoms with Gasteiger partial charge in [0, 0.05) is 16.4 Å². The van der Waals surface area contributed by atoms with Crippen LogP contribution >= 0.6 is 23.2 Å². The summed E-state index contributed by atoms with van der Waals surface area (Å²) in [7, 11) is 0. The molecule has 0 aliphatic rings. The highest BCUT2D eigenvalue weighted by atomic mass is 35.5. The van der Waals surface area contributed by atoms with Crippen molar-refractivity contribution in [2.45, 2.75) is 6.92 Å². The smallest absolute Gasteiger partial charge is 0.273 e. The van der Waals surface area contributed by atoms with E-state index in [1.165, 1.54) is 6.07 Å². The van der Waals surface area contributed by atoms with Crippen molar-refractivity contribution in [3.8, 4) is 5.75 Å². The number of benzene rings is 3. The minimum absolute atomic E-state index is 0.229. The molecular formula is C23H20Cl2N4O3. The highest BCUT2D eigenvalue weighted by Crippen LogP contribution is 2.27. The minimum atomic E-state index is -0.412. The van der Waals surface area contributed by atoms with Crippen molar-refractivity contribution in [3.63, 3.8) is 0 Å². The van der Waals surface area contributed by atoms with Crippen LogP contribution in [-0.4, -0.2) is 24.1 Å². The molecule has 7 nitrogen and oxygen atoms in total. The summed E-state index contributed by atoms with van der Waals surface area (Å²) in [6.45, 7) is 1.51. The van der Waals surface area contributed by atoms with Crippen LogP contribution in [-0.2, 0) is 4.79 Å². The van der Waals surface area contributed by atoms with E-state index in [1.807, 2.05) is 6.07 Å². The van der Waals surface area contributed by atoms with Crippen molar-refractivity contribution in [1.29, 1.82) is 0 Å². The van der Waals surface area contributed by atoms with Crippen LogP contribution in [0.15, 0.2) is 71.8 Å². The van der Waals surface area contributed by atoms with Crippen LogP contribution in [0.3, 0.4) is 0 Å². The van der Waals surface area contributed by atoms with Crippen molar-refractivity contribution in [2.24, 2.45) is 5.10 Å². The van der Waals surface area contributed by atoms with Gasteiger partial charge in [-0.25, -0.2) is 5.43 Å². The third kappa shape index (κ3) is 6.23. The van der Waals surface area contributed by atoms with E-state index in [0.29, 0.717) is 44.0 Å². The first-order chi connectivity index (χ1) is 15.3. The molecule has 0 bridgehead atoms. The largest absolute Gasteiger partial charge is 0.482 e. The summed E-state index contributed by atoms with van der Waals surface area (Å²) in [5.41, 5.74) is 10.8. The van der Waals surface area contributed by atoms with Crippen LogP contribution < -0.4 is 21.2 Å². The average molecular weight is 471 g/mol. The number of nitrogen functional groups attached to an aromatic ring is 1. The fourth-order valence-corrected chi connectivity index (χ4v) is 3.18. The number of ether oxygens (including phenoxy) is 1. The number of hydrogen-bond acceptors (Lipinski definition) is 5. The molecule has 0 saturated heterocycles. The Kier molecular flexibility index (Phi) is 7.70. The molecule has 32 heavy (non-hydrogen) atoms. The molecule has 0 atom stereocenters. The van der Waals surface area contributed by atoms with Gasteiger partial charge >= 0.3 is 0 Å². The summed E-state index contributed by atoms with van der Waals surface area (Å²) in [6, 6.07) is 18.5. The van der Waals surface area contributed by atoms with Crippen LogP contribution in [0.1, 0.15) is 22.8 Å². The molecule has 4 N–H and O–H groups in total. The van der Waals surface area contributed by atoms with E-state index < -0.39 is 5.91 Å². The van der Waals surface area contributed by atoms with Crippen molar-refractivity contribution in [2.75, 3.05) is 17.7 Å². The lowest BCUT2D eigenvalue weighted by molar-refractivity contribution is -0.118. The van der Waals surface area contributed by atoms with Crippen molar-refractivity contribution in [1.82, 2.24) is 5.43 Å². The standard InChI is InChI=1S/C23H20Cl2N4O3/c1-14(28-29-23(31)18-7-2-3-8-20(18)26)15-5-4-6-17(11-15)27-22(30)13-32-21-10-9-16(24)12-19(21)25/h2-12H,13,26H2,1H3,(H,27,30)(H,29,31). The molecule has 0 spiro atoms. The van der Waals surface area contributed by atoms with Crippen LogP contribution in [0.25, 0.3) is 0 Å². The zero-order chi connectivity index (χ0) is 23.1. The predicted molar refractivity (Wildman–Crippen MR) is 128 cm³/mol. The van der Waals surface area contributed by atoms with E-state index in [9.17, 15) is 9.59 Å². The quantitative estimate of drug-likeness (QED) is 0.263. The summed E-state index contributed by atoms with van der Waals surface area (Å²) >= 11 is 11.9. The number of nitrogens with one attached hydrogen (secondary N) is 2. The Morgan fingerprint density at radius 3 is 2.56 bits per heavy atom. The third-order valence-corrected chi connectivity index (χ3v) is 4.88. The van der Waals surface area contributed by atoms with Crippen molar-refractivity contribution >= 4 is 52.1 Å². The molecule has 0 aliphatic carbocycles. The lowest BCUT2D eigenvalue weighted by Gasteiger charge is -2.10. The maximum Gasteiger partial charge on any atom is 0.273 e. The molecule has 9 heteroatoms. The third-order valence-electron chi connectivity index (χ3n) is 4.35. The van der Waals surface area contributed by atoms with Gasteiger partial charge in [-0.15, -0.1) is 0 Å². The number of hydrazone groups is 1. The molecule has 3 rings (SSSR count). The lowest BCUT2D eigenvalue weighted by atomic mass is 10.1. The molecule has 0 heterocycles. The van der Waals surface area contributed by atoms with Crippen LogP contribution in [0.2, 0.25) is 10.0 Å². The number of hydrogen-bond donors (Lipinski definition) is 3. The van der Waals surface area contributed by atoms with Gasteiger partial charge in [0.1, 0.15) is 5.75 Å². The van der Waals surface area contributed by atoms with Crippen LogP contribution in [0.5, 0.6) is 5.75 Å². The van der Waals surface area contributed by atoms with Gasteiger partial charge in [0.15, 0.2) is 6.61 Å². The molecular weight excluding hydrogens is 451 g/mol. The SMILES string of the molecule is CC(=NNC(=O)c1ccccc1N)c1cccc(NC(=O)COc2ccc(Cl)cc2Cl)c1. The molecule has 0 saturated carbocycles. The molecule has 2 amide bonds. The fourth-order valence-electron chi connectivity index (χ4n) is 2.72. The van der Waals surface area contributed by atoms with Crippen molar-refractivity contribution < 1.29 is 14.3 Å². The van der Waals surface area contributed by atoms with Gasteiger partial charge in [-0.1, -0.05) is 47.5 Å². The Morgan fingerprint density at radius 2 is 1.81 bits per heavy atom. The summed E-state index contributed by atoms with van der Waals surface area (Å²) in [6.07, 6.45) is 0. The fraction of sp³-hybridized carbons (Fsp3) is 0.0870. The maximum atomic E-state index is 12.3. The molecule has 3 aromatic rings. The first-order valence-electron chi connectivity index (χ1n) is 9.51. The Morgan fingerprint density at radius 1 is 1.03 bits per heavy atom. The first kappa shape index (κ1) is 23.1. The normalized spacial score (nSPS) is 11.0. The lowest BCUT2D eigenvalue weighted by Crippen LogP contribution is -2.21. The number of rotatable bonds is 7. The van der Waals surface area contributed by atoms with Crippen LogP contribution in [0, 0.1) is 0 Å². The first-order valence-corrected chi connectivity index (χ1v) is 10.3. The number of nitrogens with zero attached hydrogens (tertiary/aromatic N) is 1. The van der Waals surface area contributed by atoms with E-state index in [-0.39, 0.29) is 12.5 Å². The van der Waals surface area contributed by atoms with E-state index in [1.54, 1.807) is 61.5 Å².